The van der Waals surface area contributed by atoms with Crippen molar-refractivity contribution in [3.05, 3.63) is 35.4 Å². The monoisotopic (exact) mass is 297 g/mol. The molecule has 5 heteroatoms. The number of fused-ring (bicyclic) bond motifs is 1. The number of hydrogen-bond acceptors (Lipinski definition) is 4. The van der Waals surface area contributed by atoms with Gasteiger partial charge in [0, 0.05) is 24.1 Å². The highest BCUT2D eigenvalue weighted by atomic mass is 32.2. The molecule has 1 fully saturated rings. The fraction of sp³-hybridized carbons (Fsp3) is 0.571. The number of nitrogens with one attached hydrogen (secondary N) is 1. The minimum atomic E-state index is -2.83. The number of sulfone groups is 1. The standard InChI is InChI=1S/C14H19NO2S2/c16-19(17)7-3-5-12(19)8-15-14-10-18-9-11-4-1-2-6-13(11)14/h1-2,4,6,12,14-15H,3,5,7-10H2. The van der Waals surface area contributed by atoms with Crippen molar-refractivity contribution in [1.29, 1.82) is 0 Å². The van der Waals surface area contributed by atoms with Gasteiger partial charge in [0.25, 0.3) is 0 Å². The molecule has 0 aromatic heterocycles. The summed E-state index contributed by atoms with van der Waals surface area (Å²) in [4.78, 5) is 0. The maximum Gasteiger partial charge on any atom is 0.154 e. The normalized spacial score (nSPS) is 29.1. The molecule has 0 radical (unpaired) electrons. The van der Waals surface area contributed by atoms with Crippen LogP contribution in [0.2, 0.25) is 0 Å². The highest BCUT2D eigenvalue weighted by Crippen LogP contribution is 2.31. The third-order valence-corrected chi connectivity index (χ3v) is 7.39. The number of benzene rings is 1. The number of thioether (sulfide) groups is 1. The molecule has 2 heterocycles. The van der Waals surface area contributed by atoms with Gasteiger partial charge in [0.15, 0.2) is 9.84 Å². The van der Waals surface area contributed by atoms with Crippen LogP contribution in [-0.4, -0.2) is 31.7 Å². The topological polar surface area (TPSA) is 46.2 Å². The van der Waals surface area contributed by atoms with Crippen LogP contribution in [0.1, 0.15) is 30.0 Å². The van der Waals surface area contributed by atoms with Gasteiger partial charge in [-0.3, -0.25) is 0 Å². The van der Waals surface area contributed by atoms with Crippen LogP contribution in [0.15, 0.2) is 24.3 Å². The van der Waals surface area contributed by atoms with E-state index in [4.69, 9.17) is 0 Å². The zero-order chi connectivity index (χ0) is 13.3. The predicted octanol–water partition coefficient (Wildman–Crippen LogP) is 2.14. The van der Waals surface area contributed by atoms with E-state index in [0.717, 1.165) is 24.3 Å². The maximum atomic E-state index is 11.8. The summed E-state index contributed by atoms with van der Waals surface area (Å²) >= 11 is 1.92. The fourth-order valence-corrected chi connectivity index (χ4v) is 5.82. The highest BCUT2D eigenvalue weighted by Gasteiger charge is 2.32. The first-order valence-electron chi connectivity index (χ1n) is 6.77. The maximum absolute atomic E-state index is 11.8. The van der Waals surface area contributed by atoms with Crippen LogP contribution in [0, 0.1) is 0 Å². The lowest BCUT2D eigenvalue weighted by molar-refractivity contribution is 0.539. The summed E-state index contributed by atoms with van der Waals surface area (Å²) in [6, 6.07) is 8.77. The Balaban J connectivity index is 1.69. The van der Waals surface area contributed by atoms with E-state index in [9.17, 15) is 8.42 Å². The van der Waals surface area contributed by atoms with E-state index >= 15 is 0 Å². The van der Waals surface area contributed by atoms with Crippen molar-refractivity contribution < 1.29 is 8.42 Å². The van der Waals surface area contributed by atoms with Gasteiger partial charge in [0.2, 0.25) is 0 Å². The zero-order valence-corrected chi connectivity index (χ0v) is 12.5. The van der Waals surface area contributed by atoms with Gasteiger partial charge in [-0.15, -0.1) is 0 Å². The van der Waals surface area contributed by atoms with E-state index in [1.807, 2.05) is 11.8 Å². The van der Waals surface area contributed by atoms with Gasteiger partial charge in [-0.05, 0) is 24.0 Å². The van der Waals surface area contributed by atoms with Gasteiger partial charge in [-0.1, -0.05) is 24.3 Å². The Bertz CT molecular complexity index is 556. The van der Waals surface area contributed by atoms with Crippen LogP contribution in [0.25, 0.3) is 0 Å². The van der Waals surface area contributed by atoms with Crippen molar-refractivity contribution in [2.45, 2.75) is 29.9 Å². The van der Waals surface area contributed by atoms with Gasteiger partial charge in [0.05, 0.1) is 11.0 Å². The van der Waals surface area contributed by atoms with Crippen LogP contribution >= 0.6 is 11.8 Å². The van der Waals surface area contributed by atoms with Gasteiger partial charge >= 0.3 is 0 Å². The lowest BCUT2D eigenvalue weighted by atomic mass is 10.0. The lowest BCUT2D eigenvalue weighted by Crippen LogP contribution is -2.35. The Morgan fingerprint density at radius 1 is 1.32 bits per heavy atom. The van der Waals surface area contributed by atoms with Crippen LogP contribution in [0.4, 0.5) is 0 Å². The molecule has 19 heavy (non-hydrogen) atoms. The van der Waals surface area contributed by atoms with Gasteiger partial charge in [-0.25, -0.2) is 8.42 Å². The van der Waals surface area contributed by atoms with E-state index in [1.54, 1.807) is 0 Å². The predicted molar refractivity (Wildman–Crippen MR) is 80.2 cm³/mol. The average Bonchev–Trinajstić information content (AvgIpc) is 2.75. The van der Waals surface area contributed by atoms with Crippen molar-refractivity contribution in [1.82, 2.24) is 5.32 Å². The molecule has 3 rings (SSSR count). The Labute approximate surface area is 119 Å². The minimum absolute atomic E-state index is 0.174. The van der Waals surface area contributed by atoms with Crippen molar-refractivity contribution >= 4 is 21.6 Å². The molecule has 1 N–H and O–H groups in total. The Kier molecular flexibility index (Phi) is 3.87. The summed E-state index contributed by atoms with van der Waals surface area (Å²) in [6.45, 7) is 0.599. The third kappa shape index (κ3) is 2.83. The zero-order valence-electron chi connectivity index (χ0n) is 10.8. The molecule has 0 spiro atoms. The number of hydrogen-bond donors (Lipinski definition) is 1. The molecule has 0 saturated carbocycles. The molecule has 2 aliphatic rings. The molecule has 0 aliphatic carbocycles. The highest BCUT2D eigenvalue weighted by molar-refractivity contribution is 7.98. The van der Waals surface area contributed by atoms with Crippen molar-refractivity contribution in [2.24, 2.45) is 0 Å². The average molecular weight is 297 g/mol. The summed E-state index contributed by atoms with van der Waals surface area (Å²) in [5, 5.41) is 3.30. The second-order valence-corrected chi connectivity index (χ2v) is 8.74. The molecule has 2 unspecified atom stereocenters. The first-order valence-corrected chi connectivity index (χ1v) is 9.64. The molecule has 1 aromatic carbocycles. The van der Waals surface area contributed by atoms with E-state index in [2.05, 4.69) is 29.6 Å². The quantitative estimate of drug-likeness (QED) is 0.928. The first kappa shape index (κ1) is 13.5. The third-order valence-electron chi connectivity index (χ3n) is 4.03. The fourth-order valence-electron chi connectivity index (χ4n) is 2.91. The SMILES string of the molecule is O=S1(=O)CCCC1CNC1CSCc2ccccc21. The molecule has 0 amide bonds. The summed E-state index contributed by atoms with van der Waals surface area (Å²) < 4.78 is 23.7. The van der Waals surface area contributed by atoms with E-state index < -0.39 is 9.84 Å². The lowest BCUT2D eigenvalue weighted by Gasteiger charge is -2.27. The molecule has 1 saturated heterocycles. The van der Waals surface area contributed by atoms with Crippen LogP contribution < -0.4 is 5.32 Å². The molecular formula is C14H19NO2S2. The molecule has 1 aromatic rings. The van der Waals surface area contributed by atoms with Crippen molar-refractivity contribution in [3.8, 4) is 0 Å². The molecule has 104 valence electrons. The van der Waals surface area contributed by atoms with Gasteiger partial charge in [-0.2, -0.15) is 11.8 Å². The molecule has 2 aliphatic heterocycles. The van der Waals surface area contributed by atoms with Crippen LogP contribution in [0.5, 0.6) is 0 Å². The van der Waals surface area contributed by atoms with Crippen molar-refractivity contribution in [2.75, 3.05) is 18.1 Å². The van der Waals surface area contributed by atoms with Gasteiger partial charge in [0.1, 0.15) is 0 Å². The molecule has 0 bridgehead atoms. The van der Waals surface area contributed by atoms with Crippen molar-refractivity contribution in [3.63, 3.8) is 0 Å². The van der Waals surface area contributed by atoms with Crippen LogP contribution in [0.3, 0.4) is 0 Å². The molecular weight excluding hydrogens is 278 g/mol. The summed E-state index contributed by atoms with van der Waals surface area (Å²) in [6.07, 6.45) is 1.64. The summed E-state index contributed by atoms with van der Waals surface area (Å²) in [5.74, 6) is 2.47. The first-order chi connectivity index (χ1) is 9.17. The molecule has 3 nitrogen and oxygen atoms in total. The van der Waals surface area contributed by atoms with E-state index in [1.165, 1.54) is 11.1 Å². The Morgan fingerprint density at radius 3 is 2.95 bits per heavy atom. The second-order valence-electron chi connectivity index (χ2n) is 5.31. The van der Waals surface area contributed by atoms with Gasteiger partial charge < -0.3 is 5.32 Å². The largest absolute Gasteiger partial charge is 0.308 e. The van der Waals surface area contributed by atoms with E-state index in [0.29, 0.717) is 18.3 Å². The summed E-state index contributed by atoms with van der Waals surface area (Å²) in [7, 11) is -2.83. The smallest absolute Gasteiger partial charge is 0.154 e. The Hall–Kier alpha value is -0.520. The second kappa shape index (κ2) is 5.46. The van der Waals surface area contributed by atoms with Crippen LogP contribution in [-0.2, 0) is 15.6 Å². The molecule has 2 atom stereocenters. The minimum Gasteiger partial charge on any atom is -0.308 e. The number of rotatable bonds is 3. The van der Waals surface area contributed by atoms with E-state index in [-0.39, 0.29) is 5.25 Å². The summed E-state index contributed by atoms with van der Waals surface area (Å²) in [5.41, 5.74) is 2.72. The Morgan fingerprint density at radius 2 is 2.16 bits per heavy atom.